The number of benzene rings is 2. The molecule has 0 atom stereocenters. The van der Waals surface area contributed by atoms with Crippen molar-refractivity contribution >= 4 is 35.2 Å². The fourth-order valence-corrected chi connectivity index (χ4v) is 3.32. The third-order valence-corrected chi connectivity index (χ3v) is 4.74. The first-order valence-electron chi connectivity index (χ1n) is 7.88. The number of aromatic nitrogens is 2. The quantitative estimate of drug-likeness (QED) is 0.602. The molecule has 7 heteroatoms. The molecule has 0 fully saturated rings. The monoisotopic (exact) mass is 386 g/mol. The van der Waals surface area contributed by atoms with E-state index in [1.807, 2.05) is 30.3 Å². The van der Waals surface area contributed by atoms with Gasteiger partial charge in [0.1, 0.15) is 0 Å². The van der Waals surface area contributed by atoms with E-state index < -0.39 is 11.9 Å². The summed E-state index contributed by atoms with van der Waals surface area (Å²) in [5.74, 6) is -1.02. The Balaban J connectivity index is 2.00. The second kappa shape index (κ2) is 8.21. The summed E-state index contributed by atoms with van der Waals surface area (Å²) in [6.07, 6.45) is 1.50. The largest absolute Gasteiger partial charge is 0.461 e. The number of esters is 1. The smallest absolute Gasteiger partial charge is 0.358 e. The minimum Gasteiger partial charge on any atom is -0.461 e. The van der Waals surface area contributed by atoms with E-state index in [0.29, 0.717) is 15.5 Å². The number of hydrogen-bond donors (Lipinski definition) is 0. The van der Waals surface area contributed by atoms with Crippen molar-refractivity contribution in [2.75, 3.05) is 6.61 Å². The Morgan fingerprint density at radius 1 is 1.12 bits per heavy atom. The highest BCUT2D eigenvalue weighted by molar-refractivity contribution is 7.99. The van der Waals surface area contributed by atoms with E-state index in [1.165, 1.54) is 18.0 Å². The van der Waals surface area contributed by atoms with Crippen molar-refractivity contribution in [2.24, 2.45) is 0 Å². The van der Waals surface area contributed by atoms with Gasteiger partial charge < -0.3 is 4.74 Å². The molecule has 3 aromatic rings. The van der Waals surface area contributed by atoms with Crippen molar-refractivity contribution in [2.45, 2.75) is 16.7 Å². The van der Waals surface area contributed by atoms with E-state index in [9.17, 15) is 9.59 Å². The Hall–Kier alpha value is -2.57. The zero-order valence-electron chi connectivity index (χ0n) is 13.9. The van der Waals surface area contributed by atoms with Gasteiger partial charge >= 0.3 is 5.97 Å². The maximum Gasteiger partial charge on any atom is 0.358 e. The van der Waals surface area contributed by atoms with Crippen molar-refractivity contribution in [3.05, 3.63) is 77.1 Å². The van der Waals surface area contributed by atoms with E-state index in [2.05, 4.69) is 5.10 Å². The molecule has 0 radical (unpaired) electrons. The molecule has 3 rings (SSSR count). The van der Waals surface area contributed by atoms with Crippen LogP contribution in [0.2, 0.25) is 5.02 Å². The lowest BCUT2D eigenvalue weighted by atomic mass is 10.2. The molecule has 0 aliphatic rings. The molecule has 0 spiro atoms. The summed E-state index contributed by atoms with van der Waals surface area (Å²) < 4.78 is 6.20. The highest BCUT2D eigenvalue weighted by Gasteiger charge is 2.25. The molecule has 0 bridgehead atoms. The Morgan fingerprint density at radius 3 is 2.46 bits per heavy atom. The average molecular weight is 387 g/mol. The van der Waals surface area contributed by atoms with Crippen LogP contribution in [0.25, 0.3) is 0 Å². The van der Waals surface area contributed by atoms with Gasteiger partial charge in [0.15, 0.2) is 5.69 Å². The molecule has 5 nitrogen and oxygen atoms in total. The van der Waals surface area contributed by atoms with Crippen LogP contribution in [-0.2, 0) is 4.74 Å². The van der Waals surface area contributed by atoms with Gasteiger partial charge in [-0.2, -0.15) is 9.78 Å². The highest BCUT2D eigenvalue weighted by Crippen LogP contribution is 2.31. The van der Waals surface area contributed by atoms with Crippen LogP contribution < -0.4 is 0 Å². The summed E-state index contributed by atoms with van der Waals surface area (Å²) in [4.78, 5) is 26.7. The molecular weight excluding hydrogens is 372 g/mol. The van der Waals surface area contributed by atoms with E-state index >= 15 is 0 Å². The van der Waals surface area contributed by atoms with Crippen molar-refractivity contribution in [1.29, 1.82) is 0 Å². The minimum atomic E-state index is -0.592. The van der Waals surface area contributed by atoms with Crippen LogP contribution in [0.4, 0.5) is 0 Å². The summed E-state index contributed by atoms with van der Waals surface area (Å²) in [6.45, 7) is 1.91. The Kier molecular flexibility index (Phi) is 5.75. The summed E-state index contributed by atoms with van der Waals surface area (Å²) in [5.41, 5.74) is 0.486. The third kappa shape index (κ3) is 3.98. The number of ether oxygens (including phenoxy) is 1. The molecule has 132 valence electrons. The van der Waals surface area contributed by atoms with Gasteiger partial charge in [-0.3, -0.25) is 4.79 Å². The zero-order valence-corrected chi connectivity index (χ0v) is 15.5. The fraction of sp³-hybridized carbons (Fsp3) is 0.105. The van der Waals surface area contributed by atoms with Gasteiger partial charge in [0.25, 0.3) is 5.91 Å². The molecule has 0 saturated heterocycles. The predicted octanol–water partition coefficient (Wildman–Crippen LogP) is 4.55. The van der Waals surface area contributed by atoms with Gasteiger partial charge in [-0.25, -0.2) is 4.79 Å². The lowest BCUT2D eigenvalue weighted by Crippen LogP contribution is -2.21. The van der Waals surface area contributed by atoms with Gasteiger partial charge in [-0.15, -0.1) is 0 Å². The summed E-state index contributed by atoms with van der Waals surface area (Å²) in [6, 6.07) is 15.9. The van der Waals surface area contributed by atoms with Gasteiger partial charge in [-0.1, -0.05) is 41.6 Å². The Bertz CT molecular complexity index is 924. The SMILES string of the molecule is CCOC(=O)c1c(Sc2ccccc2)cnn1C(=O)c1ccc(Cl)cc1. The highest BCUT2D eigenvalue weighted by atomic mass is 35.5. The summed E-state index contributed by atoms with van der Waals surface area (Å²) >= 11 is 7.22. The number of carbonyl (C=O) groups is 2. The van der Waals surface area contributed by atoms with Crippen molar-refractivity contribution in [3.63, 3.8) is 0 Å². The van der Waals surface area contributed by atoms with Crippen LogP contribution in [0.15, 0.2) is 70.6 Å². The topological polar surface area (TPSA) is 61.2 Å². The van der Waals surface area contributed by atoms with Crippen LogP contribution in [0, 0.1) is 0 Å². The molecule has 26 heavy (non-hydrogen) atoms. The van der Waals surface area contributed by atoms with E-state index in [1.54, 1.807) is 31.2 Å². The molecule has 0 aliphatic carbocycles. The van der Waals surface area contributed by atoms with E-state index in [-0.39, 0.29) is 12.3 Å². The molecular formula is C19H15ClN2O3S. The molecule has 0 aliphatic heterocycles. The van der Waals surface area contributed by atoms with Crippen molar-refractivity contribution in [3.8, 4) is 0 Å². The minimum absolute atomic E-state index is 0.112. The molecule has 1 aromatic heterocycles. The Labute approximate surface area is 159 Å². The van der Waals surface area contributed by atoms with Gasteiger partial charge in [0.05, 0.1) is 17.7 Å². The van der Waals surface area contributed by atoms with Crippen LogP contribution in [-0.4, -0.2) is 28.3 Å². The standard InChI is InChI=1S/C19H15ClN2O3S/c1-2-25-19(24)17-16(26-15-6-4-3-5-7-15)12-21-22(17)18(23)13-8-10-14(20)11-9-13/h3-12H,2H2,1H3. The van der Waals surface area contributed by atoms with Gasteiger partial charge in [0.2, 0.25) is 0 Å². The van der Waals surface area contributed by atoms with Gasteiger partial charge in [0, 0.05) is 15.5 Å². The van der Waals surface area contributed by atoms with E-state index in [0.717, 1.165) is 9.58 Å². The summed E-state index contributed by atoms with van der Waals surface area (Å²) in [7, 11) is 0. The van der Waals surface area contributed by atoms with Crippen molar-refractivity contribution in [1.82, 2.24) is 9.78 Å². The van der Waals surface area contributed by atoms with Crippen molar-refractivity contribution < 1.29 is 14.3 Å². The first kappa shape index (κ1) is 18.2. The zero-order chi connectivity index (χ0) is 18.5. The number of hydrogen-bond acceptors (Lipinski definition) is 5. The third-order valence-electron chi connectivity index (χ3n) is 3.46. The number of halogens is 1. The molecule has 0 unspecified atom stereocenters. The molecule has 0 amide bonds. The average Bonchev–Trinajstić information content (AvgIpc) is 3.06. The molecule has 1 heterocycles. The summed E-state index contributed by atoms with van der Waals surface area (Å²) in [5, 5.41) is 4.65. The Morgan fingerprint density at radius 2 is 1.81 bits per heavy atom. The second-order valence-electron chi connectivity index (χ2n) is 5.22. The second-order valence-corrected chi connectivity index (χ2v) is 6.77. The van der Waals surface area contributed by atoms with Crippen LogP contribution in [0.3, 0.4) is 0 Å². The van der Waals surface area contributed by atoms with E-state index in [4.69, 9.17) is 16.3 Å². The lowest BCUT2D eigenvalue weighted by Gasteiger charge is -2.08. The molecule has 0 N–H and O–H groups in total. The molecule has 2 aromatic carbocycles. The van der Waals surface area contributed by atoms with Crippen LogP contribution in [0.5, 0.6) is 0 Å². The van der Waals surface area contributed by atoms with Gasteiger partial charge in [-0.05, 0) is 43.3 Å². The maximum absolute atomic E-state index is 12.8. The van der Waals surface area contributed by atoms with Crippen LogP contribution >= 0.6 is 23.4 Å². The number of rotatable bonds is 5. The number of carbonyl (C=O) groups excluding carboxylic acids is 2. The maximum atomic E-state index is 12.8. The number of nitrogens with zero attached hydrogens (tertiary/aromatic N) is 2. The fourth-order valence-electron chi connectivity index (χ4n) is 2.28. The normalized spacial score (nSPS) is 10.5. The molecule has 0 saturated carbocycles. The first-order chi connectivity index (χ1) is 12.6. The lowest BCUT2D eigenvalue weighted by molar-refractivity contribution is 0.0503. The van der Waals surface area contributed by atoms with Crippen LogP contribution in [0.1, 0.15) is 27.8 Å². The predicted molar refractivity (Wildman–Crippen MR) is 99.9 cm³/mol. The first-order valence-corrected chi connectivity index (χ1v) is 9.08.